The van der Waals surface area contributed by atoms with Gasteiger partial charge in [-0.05, 0) is 49.4 Å². The second kappa shape index (κ2) is 9.59. The minimum Gasteiger partial charge on any atom is -0.488 e. The van der Waals surface area contributed by atoms with Gasteiger partial charge in [0.2, 0.25) is 0 Å². The van der Waals surface area contributed by atoms with E-state index in [2.05, 4.69) is 22.7 Å². The maximum atomic E-state index is 12.9. The van der Waals surface area contributed by atoms with E-state index in [4.69, 9.17) is 16.3 Å². The highest BCUT2D eigenvalue weighted by atomic mass is 35.5. The highest BCUT2D eigenvalue weighted by Gasteiger charge is 2.16. The highest BCUT2D eigenvalue weighted by Crippen LogP contribution is 2.23. The van der Waals surface area contributed by atoms with Crippen molar-refractivity contribution in [3.8, 4) is 5.75 Å². The summed E-state index contributed by atoms with van der Waals surface area (Å²) in [5.74, 6) is 0.204. The number of aryl methyl sites for hydroxylation is 1. The summed E-state index contributed by atoms with van der Waals surface area (Å²) in [6, 6.07) is 22.9. The SMILES string of the molecule is O=C(N/N=C1/CCCCc2ccccc21)c1ccccc1OCc1ccccc1Cl. The van der Waals surface area contributed by atoms with Crippen LogP contribution in [0.15, 0.2) is 77.9 Å². The number of hydrazone groups is 1. The van der Waals surface area contributed by atoms with Crippen molar-refractivity contribution in [2.75, 3.05) is 0 Å². The van der Waals surface area contributed by atoms with E-state index in [1.807, 2.05) is 48.5 Å². The summed E-state index contributed by atoms with van der Waals surface area (Å²) < 4.78 is 5.90. The molecule has 4 nitrogen and oxygen atoms in total. The van der Waals surface area contributed by atoms with Crippen molar-refractivity contribution in [2.45, 2.75) is 32.3 Å². The Balaban J connectivity index is 1.51. The molecule has 0 aliphatic heterocycles. The van der Waals surface area contributed by atoms with Crippen LogP contribution in [0.3, 0.4) is 0 Å². The second-order valence-electron chi connectivity index (χ2n) is 7.24. The average molecular weight is 419 g/mol. The van der Waals surface area contributed by atoms with Gasteiger partial charge >= 0.3 is 0 Å². The molecule has 0 radical (unpaired) electrons. The fraction of sp³-hybridized carbons (Fsp3) is 0.200. The van der Waals surface area contributed by atoms with Crippen LogP contribution in [0.4, 0.5) is 0 Å². The Morgan fingerprint density at radius 2 is 1.67 bits per heavy atom. The Morgan fingerprint density at radius 1 is 0.933 bits per heavy atom. The molecule has 1 aliphatic carbocycles. The van der Waals surface area contributed by atoms with Gasteiger partial charge in [0.05, 0.1) is 11.3 Å². The van der Waals surface area contributed by atoms with Gasteiger partial charge < -0.3 is 4.74 Å². The number of benzene rings is 3. The summed E-state index contributed by atoms with van der Waals surface area (Å²) in [6.45, 7) is 0.284. The molecule has 0 saturated carbocycles. The van der Waals surface area contributed by atoms with Crippen LogP contribution < -0.4 is 10.2 Å². The van der Waals surface area contributed by atoms with Crippen molar-refractivity contribution in [2.24, 2.45) is 5.10 Å². The Morgan fingerprint density at radius 3 is 2.57 bits per heavy atom. The molecule has 0 aromatic heterocycles. The maximum absolute atomic E-state index is 12.9. The van der Waals surface area contributed by atoms with Gasteiger partial charge in [-0.15, -0.1) is 0 Å². The van der Waals surface area contributed by atoms with Crippen LogP contribution in [0.25, 0.3) is 0 Å². The molecule has 3 aromatic rings. The van der Waals surface area contributed by atoms with E-state index in [0.717, 1.165) is 42.5 Å². The van der Waals surface area contributed by atoms with Crippen molar-refractivity contribution >= 4 is 23.2 Å². The van der Waals surface area contributed by atoms with Gasteiger partial charge in [-0.3, -0.25) is 4.79 Å². The zero-order valence-corrected chi connectivity index (χ0v) is 17.4. The third-order valence-electron chi connectivity index (χ3n) is 5.20. The number of amides is 1. The minimum atomic E-state index is -0.293. The molecular formula is C25H23ClN2O2. The Bertz CT molecular complexity index is 1080. The first kappa shape index (κ1) is 20.2. The lowest BCUT2D eigenvalue weighted by Crippen LogP contribution is -2.21. The van der Waals surface area contributed by atoms with E-state index in [0.29, 0.717) is 16.3 Å². The molecule has 3 aromatic carbocycles. The number of carbonyl (C=O) groups is 1. The van der Waals surface area contributed by atoms with Crippen molar-refractivity contribution in [3.05, 3.63) is 100 Å². The van der Waals surface area contributed by atoms with E-state index in [9.17, 15) is 4.79 Å². The van der Waals surface area contributed by atoms with Crippen LogP contribution in [0, 0.1) is 0 Å². The number of hydrogen-bond donors (Lipinski definition) is 1. The Hall–Kier alpha value is -3.11. The molecule has 5 heteroatoms. The fourth-order valence-corrected chi connectivity index (χ4v) is 3.80. The summed E-state index contributed by atoms with van der Waals surface area (Å²) in [5, 5.41) is 5.11. The molecule has 1 aliphatic rings. The molecule has 0 atom stereocenters. The number of ether oxygens (including phenoxy) is 1. The third-order valence-corrected chi connectivity index (χ3v) is 5.57. The zero-order valence-electron chi connectivity index (χ0n) is 16.6. The minimum absolute atomic E-state index is 0.284. The first-order chi connectivity index (χ1) is 14.7. The first-order valence-electron chi connectivity index (χ1n) is 10.1. The maximum Gasteiger partial charge on any atom is 0.275 e. The lowest BCUT2D eigenvalue weighted by molar-refractivity contribution is 0.0950. The average Bonchev–Trinajstić information content (AvgIpc) is 2.99. The van der Waals surface area contributed by atoms with Crippen LogP contribution in [0.2, 0.25) is 5.02 Å². The molecule has 0 fully saturated rings. The predicted molar refractivity (Wildman–Crippen MR) is 120 cm³/mol. The monoisotopic (exact) mass is 418 g/mol. The molecule has 0 saturated heterocycles. The van der Waals surface area contributed by atoms with E-state index in [-0.39, 0.29) is 12.5 Å². The van der Waals surface area contributed by atoms with Gasteiger partial charge in [0.15, 0.2) is 0 Å². The number of halogens is 1. The van der Waals surface area contributed by atoms with Crippen LogP contribution in [0.1, 0.15) is 46.3 Å². The molecule has 0 spiro atoms. The lowest BCUT2D eigenvalue weighted by Gasteiger charge is -2.12. The Kier molecular flexibility index (Phi) is 6.45. The summed E-state index contributed by atoms with van der Waals surface area (Å²) in [6.07, 6.45) is 4.08. The molecule has 1 N–H and O–H groups in total. The summed E-state index contributed by atoms with van der Waals surface area (Å²) in [5.41, 5.74) is 7.37. The van der Waals surface area contributed by atoms with E-state index in [1.165, 1.54) is 5.56 Å². The number of rotatable bonds is 5. The van der Waals surface area contributed by atoms with Crippen LogP contribution in [0.5, 0.6) is 5.75 Å². The molecule has 0 unspecified atom stereocenters. The number of hydrogen-bond acceptors (Lipinski definition) is 3. The van der Waals surface area contributed by atoms with Crippen molar-refractivity contribution in [1.82, 2.24) is 5.43 Å². The molecule has 0 heterocycles. The topological polar surface area (TPSA) is 50.7 Å². The number of fused-ring (bicyclic) bond motifs is 1. The van der Waals surface area contributed by atoms with E-state index < -0.39 is 0 Å². The normalized spacial score (nSPS) is 14.6. The van der Waals surface area contributed by atoms with E-state index in [1.54, 1.807) is 12.1 Å². The molecule has 4 rings (SSSR count). The molecule has 152 valence electrons. The van der Waals surface area contributed by atoms with Gasteiger partial charge in [-0.1, -0.05) is 66.2 Å². The standard InChI is InChI=1S/C25H23ClN2O2/c26-22-14-6-2-11-19(22)17-30-24-16-8-5-13-21(24)25(29)28-27-23-15-7-3-10-18-9-1-4-12-20(18)23/h1-2,4-6,8-9,11-14,16H,3,7,10,15,17H2,(H,28,29)/b27-23-. The lowest BCUT2D eigenvalue weighted by atomic mass is 10.0. The molecule has 1 amide bonds. The first-order valence-corrected chi connectivity index (χ1v) is 10.5. The summed E-state index contributed by atoms with van der Waals surface area (Å²) in [4.78, 5) is 12.9. The number of nitrogens with one attached hydrogen (secondary N) is 1. The Labute approximate surface area is 181 Å². The van der Waals surface area contributed by atoms with Gasteiger partial charge in [0, 0.05) is 16.1 Å². The van der Waals surface area contributed by atoms with Gasteiger partial charge in [-0.25, -0.2) is 5.43 Å². The van der Waals surface area contributed by atoms with Crippen LogP contribution >= 0.6 is 11.6 Å². The highest BCUT2D eigenvalue weighted by molar-refractivity contribution is 6.31. The van der Waals surface area contributed by atoms with Crippen LogP contribution in [-0.2, 0) is 13.0 Å². The van der Waals surface area contributed by atoms with Gasteiger partial charge in [-0.2, -0.15) is 5.10 Å². The van der Waals surface area contributed by atoms with Crippen LogP contribution in [-0.4, -0.2) is 11.6 Å². The van der Waals surface area contributed by atoms with Gasteiger partial charge in [0.25, 0.3) is 5.91 Å². The number of nitrogens with zero attached hydrogens (tertiary/aromatic N) is 1. The fourth-order valence-electron chi connectivity index (χ4n) is 3.61. The third kappa shape index (κ3) is 4.71. The van der Waals surface area contributed by atoms with E-state index >= 15 is 0 Å². The summed E-state index contributed by atoms with van der Waals surface area (Å²) >= 11 is 6.21. The second-order valence-corrected chi connectivity index (χ2v) is 7.65. The summed E-state index contributed by atoms with van der Waals surface area (Å²) in [7, 11) is 0. The van der Waals surface area contributed by atoms with Crippen molar-refractivity contribution in [3.63, 3.8) is 0 Å². The smallest absolute Gasteiger partial charge is 0.275 e. The number of carbonyl (C=O) groups excluding carboxylic acids is 1. The predicted octanol–water partition coefficient (Wildman–Crippen LogP) is 5.78. The molecule has 0 bridgehead atoms. The number of para-hydroxylation sites is 1. The van der Waals surface area contributed by atoms with Gasteiger partial charge in [0.1, 0.15) is 12.4 Å². The quantitative estimate of drug-likeness (QED) is 0.421. The molecule has 30 heavy (non-hydrogen) atoms. The van der Waals surface area contributed by atoms with Crippen molar-refractivity contribution in [1.29, 1.82) is 0 Å². The zero-order chi connectivity index (χ0) is 20.8. The largest absolute Gasteiger partial charge is 0.488 e. The van der Waals surface area contributed by atoms with Crippen molar-refractivity contribution < 1.29 is 9.53 Å². The molecular weight excluding hydrogens is 396 g/mol.